The quantitative estimate of drug-likeness (QED) is 0.112. The number of hydrogen-bond acceptors (Lipinski definition) is 13. The molecule has 21 aromatic carbocycles. The molecule has 0 aliphatic carbocycles. The van der Waals surface area contributed by atoms with Crippen molar-refractivity contribution in [1.29, 1.82) is 0 Å². The number of nitrogens with zero attached hydrogens (tertiary/aromatic N) is 10. The Bertz CT molecular complexity index is 9530. The molecule has 0 aliphatic heterocycles. The average Bonchev–Trinajstić information content (AvgIpc) is 1.61. The van der Waals surface area contributed by atoms with Crippen LogP contribution in [0, 0.1) is 0 Å². The maximum atomic E-state index is 6.57. The van der Waals surface area contributed by atoms with Crippen LogP contribution in [0.15, 0.2) is 462 Å². The molecule has 638 valence electrons. The van der Waals surface area contributed by atoms with Crippen LogP contribution in [0.5, 0.6) is 0 Å². The highest BCUT2D eigenvalue weighted by Crippen LogP contribution is 2.46. The van der Waals surface area contributed by atoms with Crippen LogP contribution < -0.4 is 0 Å². The number of fused-ring (bicyclic) bond motifs is 23. The monoisotopic (exact) mass is 1750 g/mol. The van der Waals surface area contributed by atoms with Gasteiger partial charge in [0.25, 0.3) is 0 Å². The Morgan fingerprint density at radius 2 is 0.431 bits per heavy atom. The Labute approximate surface area is 783 Å². The van der Waals surface area contributed by atoms with E-state index in [0.717, 1.165) is 149 Å². The van der Waals surface area contributed by atoms with Gasteiger partial charge in [-0.05, 0) is 172 Å². The van der Waals surface area contributed by atoms with Crippen molar-refractivity contribution in [3.63, 3.8) is 0 Å². The third kappa shape index (κ3) is 14.5. The molecule has 0 unspecified atom stereocenters. The number of rotatable bonds is 11. The van der Waals surface area contributed by atoms with Gasteiger partial charge >= 0.3 is 0 Å². The van der Waals surface area contributed by atoms with E-state index in [1.54, 1.807) is 0 Å². The van der Waals surface area contributed by atoms with Crippen molar-refractivity contribution in [2.24, 2.45) is 0 Å². The first kappa shape index (κ1) is 79.2. The van der Waals surface area contributed by atoms with Crippen molar-refractivity contribution in [2.45, 2.75) is 0 Å². The first-order valence-electron chi connectivity index (χ1n) is 45.7. The number of furan rings is 3. The van der Waals surface area contributed by atoms with E-state index in [1.807, 2.05) is 134 Å². The first-order valence-corrected chi connectivity index (χ1v) is 45.7. The Balaban J connectivity index is 0.000000106. The number of benzene rings is 21. The minimum atomic E-state index is 0.571. The van der Waals surface area contributed by atoms with E-state index in [1.165, 1.54) is 75.4 Å². The molecule has 7 aromatic heterocycles. The Kier molecular flexibility index (Phi) is 19.3. The summed E-state index contributed by atoms with van der Waals surface area (Å²) in [5.41, 5.74) is 17.4. The number of para-hydroxylation sites is 1. The molecule has 0 saturated carbocycles. The standard InChI is InChI=1S/C43H25N3O.C41H25N3O.C40H24N4O/c1-3-10-30-23-32(17-13-26(30)7-1)41-44-42(33-18-14-27-8-2-4-11-31(27)24-33)46-43(45-41)34-20-21-37-36(25-34)40-38(47-37)22-19-29-16-15-28-9-5-6-12-35(28)39(29)40;1-3-10-26(11-4-1)30-15-9-16-31(24-30)40-42-39(29-13-5-2-6-14-29)43-41(44-40)32-21-22-35-34(25-32)38-36(45-35)23-20-28-19-18-27-12-7-8-17-33(27)37(28)38;1-3-11-27(12-4-1)38-42-39(28-13-5-2-6-14-28)44-40(43-38)29-20-22-33(41-24-29)31-16-9-17-32-36-34(45-37(31)32)23-21-26-19-18-25-10-7-8-15-30(25)35(26)36/h1-25H;1-25H;1-24H. The molecule has 0 aliphatic rings. The smallest absolute Gasteiger partial charge is 0.165 e. The van der Waals surface area contributed by atoms with Crippen molar-refractivity contribution in [2.75, 3.05) is 0 Å². The van der Waals surface area contributed by atoms with Crippen molar-refractivity contribution >= 4 is 152 Å². The molecule has 137 heavy (non-hydrogen) atoms. The van der Waals surface area contributed by atoms with Crippen molar-refractivity contribution < 1.29 is 13.3 Å². The summed E-state index contributed by atoms with van der Waals surface area (Å²) in [6.45, 7) is 0. The minimum absolute atomic E-state index is 0.571. The summed E-state index contributed by atoms with van der Waals surface area (Å²) in [6, 6.07) is 152. The largest absolute Gasteiger partial charge is 0.456 e. The summed E-state index contributed by atoms with van der Waals surface area (Å²) in [6.07, 6.45) is 1.83. The van der Waals surface area contributed by atoms with Crippen LogP contribution in [0.4, 0.5) is 0 Å². The molecule has 13 nitrogen and oxygen atoms in total. The molecule has 0 N–H and O–H groups in total. The van der Waals surface area contributed by atoms with Crippen LogP contribution >= 0.6 is 0 Å². The second kappa shape index (κ2) is 33.3. The van der Waals surface area contributed by atoms with E-state index < -0.39 is 0 Å². The number of aromatic nitrogens is 10. The summed E-state index contributed by atoms with van der Waals surface area (Å²) < 4.78 is 19.4. The fraction of sp³-hybridized carbons (Fsp3) is 0. The lowest BCUT2D eigenvalue weighted by Gasteiger charge is -2.10. The van der Waals surface area contributed by atoms with Gasteiger partial charge in [0.1, 0.15) is 33.5 Å². The molecular weight excluding hydrogens is 1680 g/mol. The predicted octanol–water partition coefficient (Wildman–Crippen LogP) is 32.3. The maximum absolute atomic E-state index is 6.57. The molecule has 28 rings (SSSR count). The highest BCUT2D eigenvalue weighted by Gasteiger charge is 2.24. The minimum Gasteiger partial charge on any atom is -0.456 e. The molecule has 0 radical (unpaired) electrons. The van der Waals surface area contributed by atoms with Gasteiger partial charge < -0.3 is 13.3 Å². The van der Waals surface area contributed by atoms with E-state index in [-0.39, 0.29) is 0 Å². The van der Waals surface area contributed by atoms with E-state index in [4.69, 9.17) is 63.1 Å². The van der Waals surface area contributed by atoms with Crippen LogP contribution in [0.2, 0.25) is 0 Å². The van der Waals surface area contributed by atoms with Gasteiger partial charge in [-0.1, -0.05) is 352 Å². The third-order valence-corrected chi connectivity index (χ3v) is 26.1. The van der Waals surface area contributed by atoms with Gasteiger partial charge in [0.2, 0.25) is 0 Å². The average molecular weight is 1750 g/mol. The van der Waals surface area contributed by atoms with Crippen molar-refractivity contribution in [3.8, 4) is 125 Å². The van der Waals surface area contributed by atoms with Crippen LogP contribution in [0.3, 0.4) is 0 Å². The molecule has 0 saturated heterocycles. The second-order valence-corrected chi connectivity index (χ2v) is 34.4. The summed E-state index contributed by atoms with van der Waals surface area (Å²) in [5.74, 6) is 5.58. The van der Waals surface area contributed by atoms with Crippen LogP contribution in [-0.2, 0) is 0 Å². The van der Waals surface area contributed by atoms with Crippen LogP contribution in [0.1, 0.15) is 0 Å². The lowest BCUT2D eigenvalue weighted by atomic mass is 9.97. The molecule has 0 amide bonds. The van der Waals surface area contributed by atoms with Gasteiger partial charge in [0.05, 0.1) is 5.69 Å². The van der Waals surface area contributed by atoms with Crippen molar-refractivity contribution in [1.82, 2.24) is 49.8 Å². The number of hydrogen-bond donors (Lipinski definition) is 0. The van der Waals surface area contributed by atoms with E-state index >= 15 is 0 Å². The van der Waals surface area contributed by atoms with Gasteiger partial charge in [0, 0.05) is 110 Å². The van der Waals surface area contributed by atoms with Crippen LogP contribution in [-0.4, -0.2) is 49.8 Å². The number of pyridine rings is 1. The third-order valence-electron chi connectivity index (χ3n) is 26.1. The van der Waals surface area contributed by atoms with Crippen LogP contribution in [0.25, 0.3) is 277 Å². The Morgan fingerprint density at radius 1 is 0.146 bits per heavy atom. The van der Waals surface area contributed by atoms with E-state index in [9.17, 15) is 0 Å². The summed E-state index contributed by atoms with van der Waals surface area (Å²) in [7, 11) is 0. The zero-order valence-electron chi connectivity index (χ0n) is 73.4. The predicted molar refractivity (Wildman–Crippen MR) is 559 cm³/mol. The lowest BCUT2D eigenvalue weighted by molar-refractivity contribution is 0.669. The topological polar surface area (TPSA) is 168 Å². The summed E-state index contributed by atoms with van der Waals surface area (Å²) >= 11 is 0. The van der Waals surface area contributed by atoms with Crippen molar-refractivity contribution in [3.05, 3.63) is 449 Å². The normalized spacial score (nSPS) is 11.6. The SMILES string of the molecule is c1ccc(-c2cccc(-c3nc(-c4ccccc4)nc(-c4ccc5oc6ccc7ccc8ccccc8c7c6c5c4)n3)c2)cc1.c1ccc(-c2nc(-c3ccccc3)nc(-c3ccc(-c4cccc5c4oc4ccc6ccc7ccccc7c6c45)nc3)n2)cc1.c1ccc2cc(-c3nc(-c4ccc5ccccc5c4)nc(-c4ccc5oc6ccc7ccc8ccccc8c7c6c5c4)n3)ccc2c1. The molecule has 7 heterocycles. The first-order chi connectivity index (χ1) is 67.8. The van der Waals surface area contributed by atoms with Gasteiger partial charge in [-0.2, -0.15) is 0 Å². The zero-order valence-corrected chi connectivity index (χ0v) is 73.4. The fourth-order valence-electron chi connectivity index (χ4n) is 19.5. The molecule has 0 atom stereocenters. The molecule has 13 heteroatoms. The molecule has 28 aromatic rings. The Morgan fingerprint density at radius 3 is 0.854 bits per heavy atom. The molecule has 0 bridgehead atoms. The van der Waals surface area contributed by atoms with Gasteiger partial charge in [0.15, 0.2) is 52.4 Å². The highest BCUT2D eigenvalue weighted by atomic mass is 16.3. The zero-order chi connectivity index (χ0) is 90.4. The summed E-state index contributed by atoms with van der Waals surface area (Å²) in [5, 5.41) is 25.6. The highest BCUT2D eigenvalue weighted by molar-refractivity contribution is 6.30. The van der Waals surface area contributed by atoms with Gasteiger partial charge in [-0.15, -0.1) is 0 Å². The van der Waals surface area contributed by atoms with Gasteiger partial charge in [-0.25, -0.2) is 44.9 Å². The summed E-state index contributed by atoms with van der Waals surface area (Å²) in [4.78, 5) is 49.7. The second-order valence-electron chi connectivity index (χ2n) is 34.4. The fourth-order valence-corrected chi connectivity index (χ4v) is 19.5. The molecule has 0 fully saturated rings. The van der Waals surface area contributed by atoms with E-state index in [0.29, 0.717) is 52.4 Å². The molecular formula is C124H74N10O3. The van der Waals surface area contributed by atoms with E-state index in [2.05, 4.69) is 315 Å². The Hall–Kier alpha value is -18.7. The van der Waals surface area contributed by atoms with Gasteiger partial charge in [-0.3, -0.25) is 4.98 Å². The maximum Gasteiger partial charge on any atom is 0.165 e. The lowest BCUT2D eigenvalue weighted by Crippen LogP contribution is -2.00. The molecule has 0 spiro atoms.